The Morgan fingerprint density at radius 1 is 1.21 bits per heavy atom. The Morgan fingerprint density at radius 2 is 1.92 bits per heavy atom. The molecule has 24 heavy (non-hydrogen) atoms. The van der Waals surface area contributed by atoms with Gasteiger partial charge >= 0.3 is 0 Å². The van der Waals surface area contributed by atoms with Gasteiger partial charge in [-0.15, -0.1) is 0 Å². The number of nitrogens with one attached hydrogen (secondary N) is 1. The summed E-state index contributed by atoms with van der Waals surface area (Å²) >= 11 is 2.05. The van der Waals surface area contributed by atoms with Crippen molar-refractivity contribution in [3.63, 3.8) is 0 Å². The van der Waals surface area contributed by atoms with Crippen LogP contribution in [0.1, 0.15) is 25.7 Å². The number of nitrogens with zero attached hydrogens (tertiary/aromatic N) is 1. The fourth-order valence-corrected chi connectivity index (χ4v) is 4.68. The molecule has 1 saturated heterocycles. The number of methoxy groups -OCH3 is 2. The Hall–Kier alpha value is -1.07. The molecule has 3 rings (SSSR count). The van der Waals surface area contributed by atoms with Crippen LogP contribution in [0.15, 0.2) is 18.2 Å². The van der Waals surface area contributed by atoms with Gasteiger partial charge < -0.3 is 19.7 Å². The molecule has 4 nitrogen and oxygen atoms in total. The average Bonchev–Trinajstić information content (AvgIpc) is 3.05. The highest BCUT2D eigenvalue weighted by molar-refractivity contribution is 8.00. The molecule has 0 amide bonds. The third-order valence-corrected chi connectivity index (χ3v) is 6.98. The van der Waals surface area contributed by atoms with E-state index in [1.54, 1.807) is 14.2 Å². The Balaban J connectivity index is 1.51. The molecular formula is C19H30N2O2S. The van der Waals surface area contributed by atoms with Crippen LogP contribution in [0.3, 0.4) is 0 Å². The zero-order valence-corrected chi connectivity index (χ0v) is 16.0. The van der Waals surface area contributed by atoms with Crippen molar-refractivity contribution in [3.8, 4) is 11.5 Å². The van der Waals surface area contributed by atoms with E-state index in [0.29, 0.717) is 4.75 Å². The summed E-state index contributed by atoms with van der Waals surface area (Å²) in [5.74, 6) is 2.44. The summed E-state index contributed by atoms with van der Waals surface area (Å²) in [7, 11) is 3.41. The summed E-state index contributed by atoms with van der Waals surface area (Å²) in [6, 6.07) is 6.14. The molecule has 1 unspecified atom stereocenters. The Morgan fingerprint density at radius 3 is 2.46 bits per heavy atom. The van der Waals surface area contributed by atoms with Gasteiger partial charge in [-0.3, -0.25) is 0 Å². The molecule has 1 aliphatic carbocycles. The Labute approximate surface area is 150 Å². The normalized spacial score (nSPS) is 22.3. The van der Waals surface area contributed by atoms with Crippen LogP contribution in [0.4, 0.5) is 5.69 Å². The van der Waals surface area contributed by atoms with Crippen LogP contribution in [0.2, 0.25) is 0 Å². The second kappa shape index (κ2) is 7.87. The second-order valence-electron chi connectivity index (χ2n) is 7.04. The fourth-order valence-electron chi connectivity index (χ4n) is 3.74. The van der Waals surface area contributed by atoms with Crippen molar-refractivity contribution in [3.05, 3.63) is 18.2 Å². The van der Waals surface area contributed by atoms with Crippen molar-refractivity contribution in [2.75, 3.05) is 51.6 Å². The van der Waals surface area contributed by atoms with E-state index in [-0.39, 0.29) is 0 Å². The quantitative estimate of drug-likeness (QED) is 0.777. The second-order valence-corrected chi connectivity index (χ2v) is 8.32. The molecule has 1 heterocycles. The SMILES string of the molecule is COc1cc(OC)cc(N2CCC(CNCC3(SC)CCC3)C2)c1. The Kier molecular flexibility index (Phi) is 5.82. The minimum absolute atomic E-state index is 0.526. The largest absolute Gasteiger partial charge is 0.497 e. The van der Waals surface area contributed by atoms with Crippen LogP contribution in [0, 0.1) is 5.92 Å². The van der Waals surface area contributed by atoms with Crippen molar-refractivity contribution < 1.29 is 9.47 Å². The lowest BCUT2D eigenvalue weighted by Gasteiger charge is -2.40. The summed E-state index contributed by atoms with van der Waals surface area (Å²) in [5.41, 5.74) is 1.20. The van der Waals surface area contributed by atoms with Gasteiger partial charge in [-0.1, -0.05) is 6.42 Å². The van der Waals surface area contributed by atoms with Gasteiger partial charge in [0.2, 0.25) is 0 Å². The number of thioether (sulfide) groups is 1. The first-order valence-electron chi connectivity index (χ1n) is 8.92. The molecule has 1 aromatic rings. The van der Waals surface area contributed by atoms with Gasteiger partial charge in [-0.05, 0) is 38.0 Å². The van der Waals surface area contributed by atoms with Crippen molar-refractivity contribution in [2.45, 2.75) is 30.4 Å². The lowest BCUT2D eigenvalue weighted by molar-refractivity contribution is 0.338. The van der Waals surface area contributed by atoms with E-state index >= 15 is 0 Å². The van der Waals surface area contributed by atoms with Gasteiger partial charge in [0.15, 0.2) is 0 Å². The predicted octanol–water partition coefficient (Wildman–Crippen LogP) is 3.41. The summed E-state index contributed by atoms with van der Waals surface area (Å²) in [5, 5.41) is 3.74. The number of anilines is 1. The van der Waals surface area contributed by atoms with E-state index in [0.717, 1.165) is 43.6 Å². The van der Waals surface area contributed by atoms with Crippen molar-refractivity contribution in [1.29, 1.82) is 0 Å². The maximum Gasteiger partial charge on any atom is 0.124 e. The number of ether oxygens (including phenoxy) is 2. The van der Waals surface area contributed by atoms with E-state index in [2.05, 4.69) is 28.6 Å². The highest BCUT2D eigenvalue weighted by Gasteiger charge is 2.35. The molecule has 5 heteroatoms. The Bertz CT molecular complexity index is 520. The van der Waals surface area contributed by atoms with Gasteiger partial charge in [0, 0.05) is 48.3 Å². The number of hydrogen-bond donors (Lipinski definition) is 1. The maximum atomic E-state index is 5.40. The average molecular weight is 351 g/mol. The van der Waals surface area contributed by atoms with Crippen LogP contribution in [-0.2, 0) is 0 Å². The van der Waals surface area contributed by atoms with Gasteiger partial charge in [0.05, 0.1) is 14.2 Å². The van der Waals surface area contributed by atoms with E-state index in [9.17, 15) is 0 Å². The summed E-state index contributed by atoms with van der Waals surface area (Å²) < 4.78 is 11.3. The molecule has 134 valence electrons. The molecule has 0 radical (unpaired) electrons. The molecule has 1 aliphatic heterocycles. The van der Waals surface area contributed by atoms with E-state index in [4.69, 9.17) is 9.47 Å². The van der Waals surface area contributed by atoms with E-state index < -0.39 is 0 Å². The first kappa shape index (κ1) is 17.7. The number of hydrogen-bond acceptors (Lipinski definition) is 5. The van der Waals surface area contributed by atoms with Crippen LogP contribution >= 0.6 is 11.8 Å². The van der Waals surface area contributed by atoms with Gasteiger partial charge in [-0.2, -0.15) is 11.8 Å². The first-order valence-corrected chi connectivity index (χ1v) is 10.1. The molecule has 2 aliphatic rings. The van der Waals surface area contributed by atoms with Crippen molar-refractivity contribution in [1.82, 2.24) is 5.32 Å². The van der Waals surface area contributed by atoms with Crippen LogP contribution in [0.25, 0.3) is 0 Å². The zero-order chi connectivity index (χ0) is 17.0. The standard InChI is InChI=1S/C19H30N2O2S/c1-22-17-9-16(10-18(11-17)23-2)21-8-5-15(13-21)12-20-14-19(24-3)6-4-7-19/h9-11,15,20H,4-8,12-14H2,1-3H3. The molecule has 2 fully saturated rings. The molecule has 1 N–H and O–H groups in total. The minimum Gasteiger partial charge on any atom is -0.497 e. The van der Waals surface area contributed by atoms with E-state index in [1.807, 2.05) is 17.8 Å². The minimum atomic E-state index is 0.526. The van der Waals surface area contributed by atoms with Crippen LogP contribution in [-0.4, -0.2) is 51.4 Å². The molecule has 0 aromatic heterocycles. The van der Waals surface area contributed by atoms with Crippen molar-refractivity contribution >= 4 is 17.4 Å². The molecule has 1 saturated carbocycles. The summed E-state index contributed by atoms with van der Waals surface area (Å²) in [6.07, 6.45) is 7.66. The van der Waals surface area contributed by atoms with Gasteiger partial charge in [0.1, 0.15) is 11.5 Å². The van der Waals surface area contributed by atoms with Crippen LogP contribution in [0.5, 0.6) is 11.5 Å². The predicted molar refractivity (Wildman–Crippen MR) is 103 cm³/mol. The highest BCUT2D eigenvalue weighted by Crippen LogP contribution is 2.42. The van der Waals surface area contributed by atoms with Gasteiger partial charge in [0.25, 0.3) is 0 Å². The lowest BCUT2D eigenvalue weighted by atomic mass is 9.84. The van der Waals surface area contributed by atoms with Gasteiger partial charge in [-0.25, -0.2) is 0 Å². The molecule has 0 spiro atoms. The number of benzene rings is 1. The molecule has 1 atom stereocenters. The zero-order valence-electron chi connectivity index (χ0n) is 15.1. The van der Waals surface area contributed by atoms with Crippen LogP contribution < -0.4 is 19.7 Å². The highest BCUT2D eigenvalue weighted by atomic mass is 32.2. The summed E-state index contributed by atoms with van der Waals surface area (Å²) in [6.45, 7) is 4.50. The fraction of sp³-hybridized carbons (Fsp3) is 0.684. The molecule has 1 aromatic carbocycles. The number of rotatable bonds is 8. The van der Waals surface area contributed by atoms with Crippen molar-refractivity contribution in [2.24, 2.45) is 5.92 Å². The van der Waals surface area contributed by atoms with E-state index in [1.165, 1.54) is 31.4 Å². The monoisotopic (exact) mass is 350 g/mol. The topological polar surface area (TPSA) is 33.7 Å². The third-order valence-electron chi connectivity index (χ3n) is 5.57. The summed E-state index contributed by atoms with van der Waals surface area (Å²) in [4.78, 5) is 2.45. The maximum absolute atomic E-state index is 5.40. The molecule has 0 bridgehead atoms. The smallest absolute Gasteiger partial charge is 0.124 e. The third kappa shape index (κ3) is 3.94. The molecular weight excluding hydrogens is 320 g/mol. The lowest BCUT2D eigenvalue weighted by Crippen LogP contribution is -2.44. The first-order chi connectivity index (χ1) is 11.7.